The lowest BCUT2D eigenvalue weighted by atomic mass is 10.2. The van der Waals surface area contributed by atoms with Gasteiger partial charge in [0.15, 0.2) is 11.6 Å². The van der Waals surface area contributed by atoms with Gasteiger partial charge in [-0.1, -0.05) is 18.2 Å². The topological polar surface area (TPSA) is 117 Å². The number of ether oxygens (including phenoxy) is 3. The molecule has 0 saturated heterocycles. The maximum Gasteiger partial charge on any atom is 0.320 e. The molecule has 14 heteroatoms. The van der Waals surface area contributed by atoms with Crippen LogP contribution in [0.4, 0.5) is 10.1 Å². The summed E-state index contributed by atoms with van der Waals surface area (Å²) in [7, 11) is 5.07. The normalized spacial score (nSPS) is 11.3. The molecule has 254 valence electrons. The van der Waals surface area contributed by atoms with Crippen LogP contribution in [0.1, 0.15) is 23.0 Å². The van der Waals surface area contributed by atoms with Crippen LogP contribution in [0.3, 0.4) is 0 Å². The molecule has 11 nitrogen and oxygen atoms in total. The first-order chi connectivity index (χ1) is 22.0. The number of aromatic nitrogens is 3. The van der Waals surface area contributed by atoms with Crippen LogP contribution < -0.4 is 20.3 Å². The molecule has 5 aromatic rings. The number of rotatable bonds is 11. The van der Waals surface area contributed by atoms with E-state index in [1.807, 2.05) is 6.07 Å². The fourth-order valence-corrected chi connectivity index (χ4v) is 5.05. The molecular weight excluding hydrogens is 664 g/mol. The number of hydrogen-bond donors (Lipinski definition) is 1. The molecule has 2 heterocycles. The van der Waals surface area contributed by atoms with Crippen molar-refractivity contribution in [2.24, 2.45) is 0 Å². The number of carbonyl (C=O) groups excluding carboxylic acids is 2. The van der Waals surface area contributed by atoms with Gasteiger partial charge < -0.3 is 19.5 Å². The molecule has 0 unspecified atom stereocenters. The average Bonchev–Trinajstić information content (AvgIpc) is 3.26. The van der Waals surface area contributed by atoms with Crippen molar-refractivity contribution in [2.75, 3.05) is 33.1 Å². The summed E-state index contributed by atoms with van der Waals surface area (Å²) in [4.78, 5) is 45.5. The molecule has 0 aliphatic carbocycles. The number of likely N-dealkylation sites (N-methyl/N-ethyl adjacent to an activating group) is 1. The van der Waals surface area contributed by atoms with Gasteiger partial charge in [0, 0.05) is 29.4 Å². The molecule has 0 bridgehead atoms. The van der Waals surface area contributed by atoms with Gasteiger partial charge in [0.1, 0.15) is 23.2 Å². The Morgan fingerprint density at radius 1 is 1.00 bits per heavy atom. The van der Waals surface area contributed by atoms with E-state index < -0.39 is 29.4 Å². The standard InChI is InChI=1S/C34H34FN5O6.2ClH/c1-21(45-31(41)20-38(3)4)19-39-22(2)32(34(43)40(39)24-9-7-6-8-10-24)33(42)37-23-11-14-30(27(35)17-23)46-29-15-16-36-28-18-25(44-5)12-13-26(28)29;;/h6-18,21H,19-20H2,1-5H3,(H,37,42);2*1H/t21-;;/m1../s1. The van der Waals surface area contributed by atoms with Crippen molar-refractivity contribution in [3.8, 4) is 22.9 Å². The van der Waals surface area contributed by atoms with Crippen molar-refractivity contribution in [3.63, 3.8) is 0 Å². The fraction of sp³-hybridized carbons (Fsp3) is 0.235. The van der Waals surface area contributed by atoms with Crippen LogP contribution in [-0.4, -0.2) is 65.0 Å². The number of pyridine rings is 1. The highest BCUT2D eigenvalue weighted by molar-refractivity contribution is 6.05. The van der Waals surface area contributed by atoms with Crippen LogP contribution in [0, 0.1) is 12.7 Å². The summed E-state index contributed by atoms with van der Waals surface area (Å²) < 4.78 is 34.9. The van der Waals surface area contributed by atoms with Gasteiger partial charge in [0.2, 0.25) is 0 Å². The number of anilines is 1. The minimum atomic E-state index is -0.722. The van der Waals surface area contributed by atoms with Crippen LogP contribution >= 0.6 is 24.8 Å². The molecule has 0 aliphatic rings. The number of halogens is 3. The van der Waals surface area contributed by atoms with Gasteiger partial charge in [-0.15, -0.1) is 24.8 Å². The maximum absolute atomic E-state index is 15.3. The van der Waals surface area contributed by atoms with E-state index in [9.17, 15) is 14.4 Å². The van der Waals surface area contributed by atoms with Crippen molar-refractivity contribution >= 4 is 53.3 Å². The molecule has 1 N–H and O–H groups in total. The van der Waals surface area contributed by atoms with Crippen LogP contribution in [0.15, 0.2) is 83.8 Å². The largest absolute Gasteiger partial charge is 0.497 e. The molecule has 0 fully saturated rings. The van der Waals surface area contributed by atoms with E-state index in [1.165, 1.54) is 16.8 Å². The minimum Gasteiger partial charge on any atom is -0.497 e. The zero-order chi connectivity index (χ0) is 33.0. The molecular formula is C34H36Cl2FN5O6. The predicted molar refractivity (Wildman–Crippen MR) is 186 cm³/mol. The number of esters is 1. The highest BCUT2D eigenvalue weighted by Crippen LogP contribution is 2.33. The molecule has 48 heavy (non-hydrogen) atoms. The molecule has 1 amide bonds. The zero-order valence-corrected chi connectivity index (χ0v) is 28.6. The first kappa shape index (κ1) is 37.5. The molecule has 1 atom stereocenters. The van der Waals surface area contributed by atoms with Crippen molar-refractivity contribution in [2.45, 2.75) is 26.5 Å². The van der Waals surface area contributed by atoms with Gasteiger partial charge in [0.25, 0.3) is 11.5 Å². The number of hydrogen-bond acceptors (Lipinski definition) is 8. The number of nitrogens with zero attached hydrogens (tertiary/aromatic N) is 4. The maximum atomic E-state index is 15.3. The van der Waals surface area contributed by atoms with E-state index >= 15 is 4.39 Å². The molecule has 0 spiro atoms. The lowest BCUT2D eigenvalue weighted by Crippen LogP contribution is -2.31. The van der Waals surface area contributed by atoms with Crippen molar-refractivity contribution in [1.29, 1.82) is 0 Å². The van der Waals surface area contributed by atoms with Crippen molar-refractivity contribution in [1.82, 2.24) is 19.2 Å². The summed E-state index contributed by atoms with van der Waals surface area (Å²) >= 11 is 0. The third kappa shape index (κ3) is 8.32. The second-order valence-electron chi connectivity index (χ2n) is 10.9. The van der Waals surface area contributed by atoms with Gasteiger partial charge in [-0.25, -0.2) is 9.07 Å². The Hall–Kier alpha value is -4.91. The quantitative estimate of drug-likeness (QED) is 0.166. The zero-order valence-electron chi connectivity index (χ0n) is 26.9. The Kier molecular flexibility index (Phi) is 12.7. The molecule has 0 radical (unpaired) electrons. The summed E-state index contributed by atoms with van der Waals surface area (Å²) in [6, 6.07) is 19.7. The minimum absolute atomic E-state index is 0. The van der Waals surface area contributed by atoms with Gasteiger partial charge in [-0.05, 0) is 70.4 Å². The van der Waals surface area contributed by atoms with Gasteiger partial charge >= 0.3 is 5.97 Å². The van der Waals surface area contributed by atoms with E-state index in [-0.39, 0.29) is 54.9 Å². The lowest BCUT2D eigenvalue weighted by molar-refractivity contribution is -0.149. The highest BCUT2D eigenvalue weighted by Gasteiger charge is 2.26. The molecule has 0 saturated carbocycles. The number of carbonyl (C=O) groups is 2. The summed E-state index contributed by atoms with van der Waals surface area (Å²) in [5.41, 5.74) is 0.915. The molecule has 3 aromatic carbocycles. The van der Waals surface area contributed by atoms with Gasteiger partial charge in [0.05, 0.1) is 37.1 Å². The lowest BCUT2D eigenvalue weighted by Gasteiger charge is -2.19. The number of para-hydroxylation sites is 1. The second kappa shape index (κ2) is 16.3. The monoisotopic (exact) mass is 699 g/mol. The van der Waals surface area contributed by atoms with Gasteiger partial charge in [-0.2, -0.15) is 0 Å². The Labute approximate surface area is 289 Å². The average molecular weight is 701 g/mol. The van der Waals surface area contributed by atoms with E-state index in [0.29, 0.717) is 33.8 Å². The first-order valence-corrected chi connectivity index (χ1v) is 14.5. The molecule has 2 aromatic heterocycles. The third-order valence-electron chi connectivity index (χ3n) is 7.15. The molecule has 0 aliphatic heterocycles. The third-order valence-corrected chi connectivity index (χ3v) is 7.15. The van der Waals surface area contributed by atoms with Gasteiger partial charge in [-0.3, -0.25) is 28.9 Å². The van der Waals surface area contributed by atoms with E-state index in [2.05, 4.69) is 10.3 Å². The molecule has 5 rings (SSSR count). The van der Waals surface area contributed by atoms with E-state index in [1.54, 1.807) is 99.4 Å². The Bertz CT molecular complexity index is 1970. The smallest absolute Gasteiger partial charge is 0.320 e. The number of fused-ring (bicyclic) bond motifs is 1. The van der Waals surface area contributed by atoms with Crippen LogP contribution in [0.5, 0.6) is 17.2 Å². The SMILES string of the molecule is COc1ccc2c(Oc3ccc(NC(=O)c4c(C)n(C[C@@H](C)OC(=O)CN(C)C)n(-c5ccccc5)c4=O)cc3F)ccnc2c1.Cl.Cl. The Balaban J connectivity index is 0.00000312. The summed E-state index contributed by atoms with van der Waals surface area (Å²) in [6.45, 7) is 3.56. The number of methoxy groups -OCH3 is 1. The summed E-state index contributed by atoms with van der Waals surface area (Å²) in [5, 5.41) is 3.30. The highest BCUT2D eigenvalue weighted by atomic mass is 35.5. The van der Waals surface area contributed by atoms with Crippen LogP contribution in [0.2, 0.25) is 0 Å². The number of nitrogens with one attached hydrogen (secondary N) is 1. The number of amides is 1. The summed E-state index contributed by atoms with van der Waals surface area (Å²) in [5.74, 6) is -0.898. The van der Waals surface area contributed by atoms with E-state index in [0.717, 1.165) is 6.07 Å². The number of benzene rings is 3. The predicted octanol–water partition coefficient (Wildman–Crippen LogP) is 6.02. The fourth-order valence-electron chi connectivity index (χ4n) is 5.05. The van der Waals surface area contributed by atoms with Crippen molar-refractivity contribution < 1.29 is 28.2 Å². The Morgan fingerprint density at radius 3 is 2.40 bits per heavy atom. The van der Waals surface area contributed by atoms with E-state index in [4.69, 9.17) is 14.2 Å². The van der Waals surface area contributed by atoms with Crippen LogP contribution in [0.25, 0.3) is 16.6 Å². The second-order valence-corrected chi connectivity index (χ2v) is 10.9. The van der Waals surface area contributed by atoms with Crippen molar-refractivity contribution in [3.05, 3.63) is 106 Å². The summed E-state index contributed by atoms with van der Waals surface area (Å²) in [6.07, 6.45) is 0.944. The first-order valence-electron chi connectivity index (χ1n) is 14.5. The van der Waals surface area contributed by atoms with Crippen LogP contribution in [-0.2, 0) is 16.1 Å². The Morgan fingerprint density at radius 2 is 1.73 bits per heavy atom.